The molecule has 1 fully saturated rings. The number of carbonyl (C=O) groups is 1. The van der Waals surface area contributed by atoms with Crippen molar-refractivity contribution in [3.63, 3.8) is 0 Å². The number of allylic oxidation sites excluding steroid dienone is 2. The van der Waals surface area contributed by atoms with Crippen LogP contribution in [0.2, 0.25) is 0 Å². The Morgan fingerprint density at radius 2 is 1.98 bits per heavy atom. The molecule has 212 valence electrons. The van der Waals surface area contributed by atoms with Crippen LogP contribution in [0.5, 0.6) is 5.75 Å². The van der Waals surface area contributed by atoms with E-state index < -0.39 is 29.9 Å². The summed E-state index contributed by atoms with van der Waals surface area (Å²) in [5.74, 6) is -0.393. The van der Waals surface area contributed by atoms with Crippen molar-refractivity contribution in [2.24, 2.45) is 0 Å². The number of carboxylic acids is 1. The van der Waals surface area contributed by atoms with Crippen molar-refractivity contribution in [2.45, 2.75) is 49.8 Å². The Morgan fingerprint density at radius 1 is 1.25 bits per heavy atom. The second-order valence-corrected chi connectivity index (χ2v) is 9.98. The number of nitrogens with zero attached hydrogens (tertiary/aromatic N) is 6. The van der Waals surface area contributed by atoms with E-state index in [-0.39, 0.29) is 23.4 Å². The molecule has 2 unspecified atom stereocenters. The van der Waals surface area contributed by atoms with Crippen LogP contribution in [0.1, 0.15) is 25.3 Å². The molecule has 1 N–H and O–H groups in total. The SMILES string of the molecule is CC1(OC2CCN(c3cc(-c4nnn(CC(=O)O)n4)on3)CC2)C=C(c2ccc(OC(F)(F)F)cc2)C=CC1Cl. The van der Waals surface area contributed by atoms with Gasteiger partial charge in [-0.25, -0.2) is 0 Å². The van der Waals surface area contributed by atoms with Crippen molar-refractivity contribution in [1.29, 1.82) is 0 Å². The monoisotopic (exact) mass is 580 g/mol. The fraction of sp³-hybridized carbons (Fsp3) is 0.400. The molecule has 1 aliphatic heterocycles. The first kappa shape index (κ1) is 27.6. The van der Waals surface area contributed by atoms with Gasteiger partial charge in [-0.05, 0) is 54.3 Å². The Labute approximate surface area is 230 Å². The fourth-order valence-electron chi connectivity index (χ4n) is 4.56. The molecule has 11 nitrogen and oxygen atoms in total. The predicted octanol–water partition coefficient (Wildman–Crippen LogP) is 4.32. The van der Waals surface area contributed by atoms with Crippen LogP contribution < -0.4 is 9.64 Å². The summed E-state index contributed by atoms with van der Waals surface area (Å²) >= 11 is 6.62. The minimum absolute atomic E-state index is 0.0991. The van der Waals surface area contributed by atoms with Crippen LogP contribution in [0.15, 0.2) is 53.1 Å². The quantitative estimate of drug-likeness (QED) is 0.385. The summed E-state index contributed by atoms with van der Waals surface area (Å²) in [7, 11) is 0. The van der Waals surface area contributed by atoms with Crippen molar-refractivity contribution in [3.05, 3.63) is 54.1 Å². The van der Waals surface area contributed by atoms with E-state index in [0.29, 0.717) is 37.3 Å². The van der Waals surface area contributed by atoms with Gasteiger partial charge in [0.15, 0.2) is 12.4 Å². The predicted molar refractivity (Wildman–Crippen MR) is 136 cm³/mol. The molecule has 1 saturated heterocycles. The number of rotatable bonds is 8. The number of hydrogen-bond donors (Lipinski definition) is 1. The van der Waals surface area contributed by atoms with Gasteiger partial charge in [0.05, 0.1) is 11.5 Å². The molecule has 0 amide bonds. The molecule has 15 heteroatoms. The standard InChI is InChI=1S/C25H24ClF3N6O5/c1-24(13-16(4-7-20(24)26)15-2-5-17(6-3-15)39-25(27,28)29)38-18-8-10-34(11-9-18)21-12-19(40-32-21)23-30-33-35(31-23)14-22(36)37/h2-7,12-13,18,20H,8-11,14H2,1H3,(H,36,37). The summed E-state index contributed by atoms with van der Waals surface area (Å²) < 4.78 is 53.2. The van der Waals surface area contributed by atoms with Gasteiger partial charge in [-0.1, -0.05) is 29.4 Å². The average molecular weight is 581 g/mol. The molecular weight excluding hydrogens is 557 g/mol. The lowest BCUT2D eigenvalue weighted by Crippen LogP contribution is -2.45. The summed E-state index contributed by atoms with van der Waals surface area (Å²) in [4.78, 5) is 13.8. The maximum absolute atomic E-state index is 12.5. The largest absolute Gasteiger partial charge is 0.573 e. The van der Waals surface area contributed by atoms with Gasteiger partial charge in [0.25, 0.3) is 0 Å². The minimum atomic E-state index is -4.75. The zero-order valence-electron chi connectivity index (χ0n) is 21.1. The molecule has 2 aliphatic rings. The molecule has 5 rings (SSSR count). The van der Waals surface area contributed by atoms with Gasteiger partial charge in [-0.3, -0.25) is 4.79 Å². The van der Waals surface area contributed by atoms with Gasteiger partial charge >= 0.3 is 12.3 Å². The van der Waals surface area contributed by atoms with Crippen LogP contribution >= 0.6 is 11.6 Å². The zero-order valence-corrected chi connectivity index (χ0v) is 21.8. The molecular formula is C25H24ClF3N6O5. The fourth-order valence-corrected chi connectivity index (χ4v) is 4.74. The highest BCUT2D eigenvalue weighted by Gasteiger charge is 2.37. The number of hydrogen-bond acceptors (Lipinski definition) is 9. The first-order chi connectivity index (χ1) is 19.0. The second kappa shape index (κ2) is 10.9. The number of aliphatic carboxylic acids is 1. The Bertz CT molecular complexity index is 1410. The third kappa shape index (κ3) is 6.45. The Morgan fingerprint density at radius 3 is 2.65 bits per heavy atom. The first-order valence-corrected chi connectivity index (χ1v) is 12.7. The summed E-state index contributed by atoms with van der Waals surface area (Å²) in [6.45, 7) is 2.73. The maximum atomic E-state index is 12.5. The van der Waals surface area contributed by atoms with Crippen LogP contribution in [0.4, 0.5) is 19.0 Å². The van der Waals surface area contributed by atoms with Crippen LogP contribution in [0, 0.1) is 0 Å². The van der Waals surface area contributed by atoms with Crippen LogP contribution in [0.25, 0.3) is 17.2 Å². The summed E-state index contributed by atoms with van der Waals surface area (Å²) in [5, 5.41) is 24.0. The summed E-state index contributed by atoms with van der Waals surface area (Å²) in [6, 6.07) is 7.31. The van der Waals surface area contributed by atoms with E-state index in [1.807, 2.05) is 30.1 Å². The third-order valence-corrected chi connectivity index (χ3v) is 7.07. The second-order valence-electron chi connectivity index (χ2n) is 9.51. The van der Waals surface area contributed by atoms with E-state index in [9.17, 15) is 18.0 Å². The summed E-state index contributed by atoms with van der Waals surface area (Å²) in [6.07, 6.45) is 2.04. The van der Waals surface area contributed by atoms with E-state index in [1.165, 1.54) is 12.1 Å². The van der Waals surface area contributed by atoms with Gasteiger partial charge in [0, 0.05) is 19.2 Å². The number of anilines is 1. The molecule has 0 spiro atoms. The van der Waals surface area contributed by atoms with Gasteiger partial charge in [0.2, 0.25) is 11.6 Å². The minimum Gasteiger partial charge on any atom is -0.480 e. The zero-order chi connectivity index (χ0) is 28.5. The lowest BCUT2D eigenvalue weighted by atomic mass is 9.89. The number of piperidine rings is 1. The topological polar surface area (TPSA) is 129 Å². The normalized spacial score (nSPS) is 21.9. The van der Waals surface area contributed by atoms with Gasteiger partial charge in [0.1, 0.15) is 11.4 Å². The molecule has 1 aliphatic carbocycles. The molecule has 0 bridgehead atoms. The molecule has 2 atom stereocenters. The van der Waals surface area contributed by atoms with E-state index in [1.54, 1.807) is 18.2 Å². The van der Waals surface area contributed by atoms with Gasteiger partial charge < -0.3 is 24.0 Å². The first-order valence-electron chi connectivity index (χ1n) is 12.3. The summed E-state index contributed by atoms with van der Waals surface area (Å²) in [5.41, 5.74) is 0.645. The highest BCUT2D eigenvalue weighted by atomic mass is 35.5. The van der Waals surface area contributed by atoms with Crippen molar-refractivity contribution < 1.29 is 37.1 Å². The van der Waals surface area contributed by atoms with Crippen molar-refractivity contribution in [1.82, 2.24) is 25.4 Å². The number of carboxylic acid groups (broad SMARTS) is 1. The highest BCUT2D eigenvalue weighted by molar-refractivity contribution is 6.23. The lowest BCUT2D eigenvalue weighted by Gasteiger charge is -2.40. The molecule has 3 heterocycles. The number of ether oxygens (including phenoxy) is 2. The van der Waals surface area contributed by atoms with E-state index in [0.717, 1.165) is 10.4 Å². The van der Waals surface area contributed by atoms with E-state index in [2.05, 4.69) is 25.3 Å². The van der Waals surface area contributed by atoms with Crippen molar-refractivity contribution in [3.8, 4) is 17.3 Å². The van der Waals surface area contributed by atoms with Crippen LogP contribution in [0.3, 0.4) is 0 Å². The van der Waals surface area contributed by atoms with Gasteiger partial charge in [-0.15, -0.1) is 35.0 Å². The lowest BCUT2D eigenvalue weighted by molar-refractivity contribution is -0.274. The molecule has 0 radical (unpaired) electrons. The van der Waals surface area contributed by atoms with Crippen LogP contribution in [-0.2, 0) is 16.1 Å². The molecule has 3 aromatic rings. The Balaban J connectivity index is 1.20. The van der Waals surface area contributed by atoms with Crippen LogP contribution in [-0.4, -0.2) is 73.0 Å². The van der Waals surface area contributed by atoms with Gasteiger partial charge in [-0.2, -0.15) is 4.80 Å². The van der Waals surface area contributed by atoms with E-state index >= 15 is 0 Å². The Kier molecular flexibility index (Phi) is 7.55. The number of tetrazole rings is 1. The highest BCUT2D eigenvalue weighted by Crippen LogP contribution is 2.37. The number of benzene rings is 1. The Hall–Kier alpha value is -3.91. The molecule has 40 heavy (non-hydrogen) atoms. The maximum Gasteiger partial charge on any atom is 0.573 e. The van der Waals surface area contributed by atoms with Crippen molar-refractivity contribution >= 4 is 29.0 Å². The third-order valence-electron chi connectivity index (χ3n) is 6.49. The molecule has 2 aromatic heterocycles. The smallest absolute Gasteiger partial charge is 0.480 e. The number of halogens is 4. The van der Waals surface area contributed by atoms with E-state index in [4.69, 9.17) is 26.0 Å². The van der Waals surface area contributed by atoms with Crippen molar-refractivity contribution in [2.75, 3.05) is 18.0 Å². The number of alkyl halides is 4. The number of aromatic nitrogens is 5. The molecule has 1 aromatic carbocycles. The molecule has 0 saturated carbocycles. The average Bonchev–Trinajstić information content (AvgIpc) is 3.55.